The van der Waals surface area contributed by atoms with Crippen LogP contribution in [0.25, 0.3) is 0 Å². The third-order valence-electron chi connectivity index (χ3n) is 2.68. The Bertz CT molecular complexity index is 567. The van der Waals surface area contributed by atoms with Crippen LogP contribution < -0.4 is 0 Å². The van der Waals surface area contributed by atoms with E-state index in [1.54, 1.807) is 23.9 Å². The molecule has 0 atom stereocenters. The molecule has 0 heterocycles. The van der Waals surface area contributed by atoms with Crippen molar-refractivity contribution >= 4 is 29.3 Å². The Hall–Kier alpha value is -1.45. The molecule has 98 valence electrons. The molecule has 0 aliphatic rings. The summed E-state index contributed by atoms with van der Waals surface area (Å²) in [5.41, 5.74) is 1.56. The number of aromatic carboxylic acids is 1. The molecule has 0 amide bonds. The maximum atomic E-state index is 11.1. The summed E-state index contributed by atoms with van der Waals surface area (Å²) in [6.45, 7) is 0. The Balaban J connectivity index is 1.96. The van der Waals surface area contributed by atoms with Gasteiger partial charge in [0.2, 0.25) is 0 Å². The van der Waals surface area contributed by atoms with Crippen LogP contribution in [-0.4, -0.2) is 16.8 Å². The first-order chi connectivity index (χ1) is 9.16. The number of benzene rings is 2. The molecule has 0 unspecified atom stereocenters. The second kappa shape index (κ2) is 6.64. The summed E-state index contributed by atoms with van der Waals surface area (Å²) in [7, 11) is 0. The van der Waals surface area contributed by atoms with Crippen LogP contribution in [0.5, 0.6) is 0 Å². The quantitative estimate of drug-likeness (QED) is 0.831. The normalized spacial score (nSPS) is 10.4. The molecule has 0 radical (unpaired) electrons. The Kier molecular flexibility index (Phi) is 4.88. The molecule has 1 N–H and O–H groups in total. The van der Waals surface area contributed by atoms with E-state index in [0.717, 1.165) is 22.1 Å². The van der Waals surface area contributed by atoms with E-state index in [-0.39, 0.29) is 0 Å². The van der Waals surface area contributed by atoms with Crippen molar-refractivity contribution < 1.29 is 9.90 Å². The number of aryl methyl sites for hydroxylation is 1. The van der Waals surface area contributed by atoms with Gasteiger partial charge in [-0.05, 0) is 36.2 Å². The summed E-state index contributed by atoms with van der Waals surface area (Å²) >= 11 is 7.39. The smallest absolute Gasteiger partial charge is 0.336 e. The molecule has 4 heteroatoms. The number of hydrogen-bond donors (Lipinski definition) is 1. The van der Waals surface area contributed by atoms with Crippen molar-refractivity contribution in [3.05, 3.63) is 64.7 Å². The molecule has 0 aliphatic carbocycles. The first-order valence-electron chi connectivity index (χ1n) is 5.86. The molecule has 0 bridgehead atoms. The molecule has 2 aromatic rings. The number of thioether (sulfide) groups is 1. The summed E-state index contributed by atoms with van der Waals surface area (Å²) < 4.78 is 0. The highest BCUT2D eigenvalue weighted by atomic mass is 35.5. The van der Waals surface area contributed by atoms with Gasteiger partial charge in [0.1, 0.15) is 0 Å². The van der Waals surface area contributed by atoms with Gasteiger partial charge in [0, 0.05) is 15.7 Å². The lowest BCUT2D eigenvalue weighted by molar-refractivity contribution is 0.0693. The second-order valence-corrected chi connectivity index (χ2v) is 5.60. The van der Waals surface area contributed by atoms with Crippen LogP contribution in [0.4, 0.5) is 0 Å². The maximum absolute atomic E-state index is 11.1. The molecular formula is C15H13ClO2S. The Morgan fingerprint density at radius 3 is 2.47 bits per heavy atom. The Labute approximate surface area is 121 Å². The van der Waals surface area contributed by atoms with Gasteiger partial charge in [-0.25, -0.2) is 4.79 Å². The molecule has 0 saturated carbocycles. The molecule has 2 nitrogen and oxygen atoms in total. The van der Waals surface area contributed by atoms with Crippen molar-refractivity contribution in [2.24, 2.45) is 0 Å². The first kappa shape index (κ1) is 14.0. The van der Waals surface area contributed by atoms with Gasteiger partial charge >= 0.3 is 5.97 Å². The average molecular weight is 293 g/mol. The van der Waals surface area contributed by atoms with Crippen LogP contribution in [0.2, 0.25) is 5.02 Å². The summed E-state index contributed by atoms with van der Waals surface area (Å²) in [5, 5.41) is 9.81. The second-order valence-electron chi connectivity index (χ2n) is 4.03. The van der Waals surface area contributed by atoms with Crippen molar-refractivity contribution in [1.82, 2.24) is 0 Å². The molecule has 2 rings (SSSR count). The molecule has 0 fully saturated rings. The standard InChI is InChI=1S/C15H13ClO2S/c16-12-7-5-11(6-8-12)9-10-19-14-4-2-1-3-13(14)15(17)18/h1-8H,9-10H2,(H,17,18). The fraction of sp³-hybridized carbons (Fsp3) is 0.133. The third kappa shape index (κ3) is 4.01. The monoisotopic (exact) mass is 292 g/mol. The van der Waals surface area contributed by atoms with Gasteiger partial charge in [-0.15, -0.1) is 11.8 Å². The molecule has 2 aromatic carbocycles. The van der Waals surface area contributed by atoms with Crippen LogP contribution in [0.3, 0.4) is 0 Å². The highest BCUT2D eigenvalue weighted by Gasteiger charge is 2.08. The van der Waals surface area contributed by atoms with E-state index in [1.165, 1.54) is 5.56 Å². The fourth-order valence-corrected chi connectivity index (χ4v) is 2.87. The van der Waals surface area contributed by atoms with Gasteiger partial charge in [0.05, 0.1) is 5.56 Å². The van der Waals surface area contributed by atoms with E-state index in [2.05, 4.69) is 0 Å². The number of rotatable bonds is 5. The third-order valence-corrected chi connectivity index (χ3v) is 4.01. The van der Waals surface area contributed by atoms with Crippen molar-refractivity contribution in [2.75, 3.05) is 5.75 Å². The largest absolute Gasteiger partial charge is 0.478 e. The predicted molar refractivity (Wildman–Crippen MR) is 79.3 cm³/mol. The van der Waals surface area contributed by atoms with Crippen molar-refractivity contribution in [1.29, 1.82) is 0 Å². The average Bonchev–Trinajstić information content (AvgIpc) is 2.41. The minimum Gasteiger partial charge on any atom is -0.478 e. The van der Waals surface area contributed by atoms with Gasteiger partial charge < -0.3 is 5.11 Å². The summed E-state index contributed by atoms with van der Waals surface area (Å²) in [6, 6.07) is 14.8. The topological polar surface area (TPSA) is 37.3 Å². The summed E-state index contributed by atoms with van der Waals surface area (Å²) in [4.78, 5) is 11.9. The van der Waals surface area contributed by atoms with Gasteiger partial charge in [-0.1, -0.05) is 35.9 Å². The van der Waals surface area contributed by atoms with Crippen LogP contribution >= 0.6 is 23.4 Å². The van der Waals surface area contributed by atoms with E-state index in [0.29, 0.717) is 5.56 Å². The number of carboxylic acid groups (broad SMARTS) is 1. The molecule has 0 aromatic heterocycles. The molecule has 0 saturated heterocycles. The van der Waals surface area contributed by atoms with E-state index >= 15 is 0 Å². The van der Waals surface area contributed by atoms with Crippen LogP contribution in [0, 0.1) is 0 Å². The highest BCUT2D eigenvalue weighted by Crippen LogP contribution is 2.23. The summed E-state index contributed by atoms with van der Waals surface area (Å²) in [5.74, 6) is -0.0408. The minimum absolute atomic E-state index is 0.364. The summed E-state index contributed by atoms with van der Waals surface area (Å²) in [6.07, 6.45) is 0.885. The number of carbonyl (C=O) groups is 1. The van der Waals surface area contributed by atoms with Crippen LogP contribution in [-0.2, 0) is 6.42 Å². The van der Waals surface area contributed by atoms with Gasteiger partial charge in [-0.2, -0.15) is 0 Å². The Morgan fingerprint density at radius 2 is 1.79 bits per heavy atom. The number of hydrogen-bond acceptors (Lipinski definition) is 2. The Morgan fingerprint density at radius 1 is 1.11 bits per heavy atom. The zero-order valence-electron chi connectivity index (χ0n) is 10.2. The van der Waals surface area contributed by atoms with E-state index in [1.807, 2.05) is 36.4 Å². The highest BCUT2D eigenvalue weighted by molar-refractivity contribution is 7.99. The SMILES string of the molecule is O=C(O)c1ccccc1SCCc1ccc(Cl)cc1. The lowest BCUT2D eigenvalue weighted by Gasteiger charge is -2.05. The van der Waals surface area contributed by atoms with E-state index < -0.39 is 5.97 Å². The minimum atomic E-state index is -0.880. The predicted octanol–water partition coefficient (Wildman–Crippen LogP) is 4.37. The van der Waals surface area contributed by atoms with Crippen molar-refractivity contribution in [3.8, 4) is 0 Å². The molecule has 0 aliphatic heterocycles. The number of halogens is 1. The zero-order chi connectivity index (χ0) is 13.7. The van der Waals surface area contributed by atoms with Crippen molar-refractivity contribution in [3.63, 3.8) is 0 Å². The molecule has 19 heavy (non-hydrogen) atoms. The van der Waals surface area contributed by atoms with E-state index in [9.17, 15) is 4.79 Å². The zero-order valence-corrected chi connectivity index (χ0v) is 11.7. The molecule has 0 spiro atoms. The van der Waals surface area contributed by atoms with Gasteiger partial charge in [0.15, 0.2) is 0 Å². The lowest BCUT2D eigenvalue weighted by atomic mass is 10.2. The first-order valence-corrected chi connectivity index (χ1v) is 7.23. The fourth-order valence-electron chi connectivity index (χ4n) is 1.70. The van der Waals surface area contributed by atoms with Gasteiger partial charge in [-0.3, -0.25) is 0 Å². The van der Waals surface area contributed by atoms with Gasteiger partial charge in [0.25, 0.3) is 0 Å². The number of carboxylic acids is 1. The van der Waals surface area contributed by atoms with E-state index in [4.69, 9.17) is 16.7 Å². The lowest BCUT2D eigenvalue weighted by Crippen LogP contribution is -1.99. The van der Waals surface area contributed by atoms with Crippen LogP contribution in [0.15, 0.2) is 53.4 Å². The molecular weight excluding hydrogens is 280 g/mol. The van der Waals surface area contributed by atoms with Crippen LogP contribution in [0.1, 0.15) is 15.9 Å². The maximum Gasteiger partial charge on any atom is 0.336 e. The van der Waals surface area contributed by atoms with Crippen molar-refractivity contribution in [2.45, 2.75) is 11.3 Å².